The molecule has 1 spiro atoms. The van der Waals surface area contributed by atoms with Crippen LogP contribution in [0.15, 0.2) is 72.8 Å². The van der Waals surface area contributed by atoms with E-state index in [1.54, 1.807) is 7.11 Å². The van der Waals surface area contributed by atoms with Gasteiger partial charge in [-0.2, -0.15) is 0 Å². The molecule has 0 atom stereocenters. The zero-order valence-electron chi connectivity index (χ0n) is 21.7. The van der Waals surface area contributed by atoms with E-state index in [0.29, 0.717) is 30.3 Å². The molecule has 6 rings (SSSR count). The Morgan fingerprint density at radius 2 is 1.65 bits per heavy atom. The summed E-state index contributed by atoms with van der Waals surface area (Å²) < 4.78 is 14.1. The van der Waals surface area contributed by atoms with Crippen LogP contribution in [0.4, 0.5) is 5.69 Å². The van der Waals surface area contributed by atoms with E-state index in [1.807, 2.05) is 71.1 Å². The first-order valence-electron chi connectivity index (χ1n) is 12.9. The van der Waals surface area contributed by atoms with Crippen LogP contribution in [0.5, 0.6) is 11.5 Å². The van der Waals surface area contributed by atoms with E-state index in [4.69, 9.17) is 9.47 Å². The lowest BCUT2D eigenvalue weighted by Gasteiger charge is -2.38. The van der Waals surface area contributed by atoms with Crippen molar-refractivity contribution in [3.8, 4) is 11.5 Å². The Hall–Kier alpha value is -3.77. The number of benzene rings is 3. The average Bonchev–Trinajstić information content (AvgIpc) is 3.43. The van der Waals surface area contributed by atoms with Gasteiger partial charge in [0.05, 0.1) is 12.8 Å². The van der Waals surface area contributed by atoms with Gasteiger partial charge in [-0.1, -0.05) is 48.5 Å². The van der Waals surface area contributed by atoms with Gasteiger partial charge in [0, 0.05) is 36.0 Å². The van der Waals surface area contributed by atoms with Crippen LogP contribution >= 0.6 is 0 Å². The lowest BCUT2D eigenvalue weighted by Crippen LogP contribution is -2.45. The van der Waals surface area contributed by atoms with Crippen LogP contribution in [0.1, 0.15) is 34.5 Å². The minimum Gasteiger partial charge on any atom is -0.493 e. The molecule has 6 heteroatoms. The zero-order valence-corrected chi connectivity index (χ0v) is 21.7. The van der Waals surface area contributed by atoms with Crippen LogP contribution in [-0.2, 0) is 19.1 Å². The highest BCUT2D eigenvalue weighted by molar-refractivity contribution is 6.09. The largest absolute Gasteiger partial charge is 0.493 e. The van der Waals surface area contributed by atoms with E-state index in [-0.39, 0.29) is 11.3 Å². The summed E-state index contributed by atoms with van der Waals surface area (Å²) in [4.78, 5) is 18.5. The summed E-state index contributed by atoms with van der Waals surface area (Å²) in [6.45, 7) is 3.11. The minimum atomic E-state index is -0.0900. The van der Waals surface area contributed by atoms with Crippen molar-refractivity contribution in [3.05, 3.63) is 89.6 Å². The normalized spacial score (nSPS) is 16.8. The van der Waals surface area contributed by atoms with Crippen LogP contribution in [0, 0.1) is 0 Å². The quantitative estimate of drug-likeness (QED) is 0.373. The molecular formula is C31H33N3O3. The number of aromatic nitrogens is 1. The summed E-state index contributed by atoms with van der Waals surface area (Å²) in [6, 6.07) is 24.4. The number of hydrogen-bond donors (Lipinski definition) is 0. The number of hydrogen-bond acceptors (Lipinski definition) is 4. The molecule has 0 radical (unpaired) electrons. The summed E-state index contributed by atoms with van der Waals surface area (Å²) >= 11 is 0. The number of aryl methyl sites for hydroxylation is 1. The number of likely N-dealkylation sites (tertiary alicyclic amines) is 1. The molecule has 6 nitrogen and oxygen atoms in total. The Kier molecular flexibility index (Phi) is 5.92. The summed E-state index contributed by atoms with van der Waals surface area (Å²) in [5, 5.41) is 1.07. The maximum absolute atomic E-state index is 14.2. The predicted molar refractivity (Wildman–Crippen MR) is 147 cm³/mol. The Morgan fingerprint density at radius 3 is 2.38 bits per heavy atom. The van der Waals surface area contributed by atoms with Crippen LogP contribution in [0.2, 0.25) is 0 Å². The fourth-order valence-electron chi connectivity index (χ4n) is 5.97. The topological polar surface area (TPSA) is 46.9 Å². The van der Waals surface area contributed by atoms with Crippen molar-refractivity contribution in [2.75, 3.05) is 38.7 Å². The molecule has 3 aromatic carbocycles. The summed E-state index contributed by atoms with van der Waals surface area (Å²) in [7, 11) is 5.83. The minimum absolute atomic E-state index is 0.0231. The number of piperidine rings is 1. The van der Waals surface area contributed by atoms with Crippen LogP contribution < -0.4 is 14.4 Å². The van der Waals surface area contributed by atoms with E-state index in [9.17, 15) is 4.79 Å². The Labute approximate surface area is 218 Å². The molecule has 190 valence electrons. The molecule has 4 aromatic rings. The molecule has 3 heterocycles. The lowest BCUT2D eigenvalue weighted by atomic mass is 9.74. The van der Waals surface area contributed by atoms with Crippen LogP contribution in [-0.4, -0.2) is 49.2 Å². The number of nitrogens with zero attached hydrogens (tertiary/aromatic N) is 3. The fraction of sp³-hybridized carbons (Fsp3) is 0.323. The molecule has 0 aliphatic carbocycles. The van der Waals surface area contributed by atoms with Gasteiger partial charge in [-0.15, -0.1) is 0 Å². The van der Waals surface area contributed by atoms with Gasteiger partial charge in [0.25, 0.3) is 5.91 Å². The number of carbonyl (C=O) groups is 1. The molecule has 2 aliphatic heterocycles. The van der Waals surface area contributed by atoms with Crippen LogP contribution in [0.25, 0.3) is 10.9 Å². The third kappa shape index (κ3) is 4.05. The molecule has 0 N–H and O–H groups in total. The Balaban J connectivity index is 1.42. The molecule has 1 amide bonds. The third-order valence-corrected chi connectivity index (χ3v) is 8.20. The van der Waals surface area contributed by atoms with E-state index in [0.717, 1.165) is 48.1 Å². The Morgan fingerprint density at radius 1 is 0.919 bits per heavy atom. The highest BCUT2D eigenvalue weighted by Gasteiger charge is 2.47. The number of fused-ring (bicyclic) bond motifs is 3. The van der Waals surface area contributed by atoms with Crippen molar-refractivity contribution < 1.29 is 14.3 Å². The van der Waals surface area contributed by atoms with Gasteiger partial charge in [-0.3, -0.25) is 4.79 Å². The second-order valence-electron chi connectivity index (χ2n) is 10.4. The van der Waals surface area contributed by atoms with E-state index in [1.165, 1.54) is 5.56 Å². The fourth-order valence-corrected chi connectivity index (χ4v) is 5.97. The molecule has 1 saturated heterocycles. The first-order valence-corrected chi connectivity index (χ1v) is 12.9. The number of rotatable bonds is 5. The third-order valence-electron chi connectivity index (χ3n) is 8.20. The van der Waals surface area contributed by atoms with Gasteiger partial charge in [-0.05, 0) is 62.3 Å². The van der Waals surface area contributed by atoms with E-state index < -0.39 is 0 Å². The van der Waals surface area contributed by atoms with Gasteiger partial charge < -0.3 is 23.8 Å². The van der Waals surface area contributed by atoms with Gasteiger partial charge in [0.15, 0.2) is 11.5 Å². The average molecular weight is 496 g/mol. The summed E-state index contributed by atoms with van der Waals surface area (Å²) in [5.74, 6) is 1.40. The zero-order chi connectivity index (χ0) is 25.6. The van der Waals surface area contributed by atoms with Crippen molar-refractivity contribution in [1.29, 1.82) is 0 Å². The van der Waals surface area contributed by atoms with E-state index in [2.05, 4.69) is 30.1 Å². The monoisotopic (exact) mass is 495 g/mol. The first kappa shape index (κ1) is 23.6. The number of anilines is 1. The summed E-state index contributed by atoms with van der Waals surface area (Å²) in [5.41, 5.74) is 4.87. The number of carbonyl (C=O) groups excluding carboxylic acids is 1. The second kappa shape index (κ2) is 9.27. The molecule has 0 saturated carbocycles. The van der Waals surface area contributed by atoms with Gasteiger partial charge in [0.2, 0.25) is 0 Å². The maximum Gasteiger partial charge on any atom is 0.274 e. The first-order chi connectivity index (χ1) is 18.0. The van der Waals surface area contributed by atoms with Crippen molar-refractivity contribution >= 4 is 22.5 Å². The number of ether oxygens (including phenoxy) is 2. The van der Waals surface area contributed by atoms with Crippen molar-refractivity contribution in [3.63, 3.8) is 0 Å². The van der Waals surface area contributed by atoms with Gasteiger partial charge >= 0.3 is 0 Å². The Bertz CT molecular complexity index is 1450. The molecule has 1 fully saturated rings. The predicted octanol–water partition coefficient (Wildman–Crippen LogP) is 5.39. The maximum atomic E-state index is 14.2. The lowest BCUT2D eigenvalue weighted by molar-refractivity contribution is 0.0971. The number of amides is 1. The SMILES string of the molecule is COc1cc2c(cc1OCc1ccccc1)N(C(=O)c1cc3ccccc3n1C)CC21CCN(C)CC1. The molecule has 0 bridgehead atoms. The van der Waals surface area contributed by atoms with Crippen molar-refractivity contribution in [2.24, 2.45) is 7.05 Å². The van der Waals surface area contributed by atoms with Gasteiger partial charge in [-0.25, -0.2) is 0 Å². The van der Waals surface area contributed by atoms with Crippen molar-refractivity contribution in [2.45, 2.75) is 24.9 Å². The van der Waals surface area contributed by atoms with Gasteiger partial charge in [0.1, 0.15) is 12.3 Å². The number of para-hydroxylation sites is 1. The number of methoxy groups -OCH3 is 1. The second-order valence-corrected chi connectivity index (χ2v) is 10.4. The van der Waals surface area contributed by atoms with Crippen LogP contribution in [0.3, 0.4) is 0 Å². The van der Waals surface area contributed by atoms with Crippen molar-refractivity contribution in [1.82, 2.24) is 9.47 Å². The standard InChI is InChI=1S/C31H33N3O3/c1-32-15-13-31(14-16-32)21-34(30(35)27-17-23-11-7-8-12-25(23)33(27)2)26-19-29(28(36-3)18-24(26)31)37-20-22-9-5-4-6-10-22/h4-12,17-19H,13-16,20-21H2,1-3H3. The highest BCUT2D eigenvalue weighted by atomic mass is 16.5. The molecular weight excluding hydrogens is 462 g/mol. The molecule has 37 heavy (non-hydrogen) atoms. The molecule has 2 aliphatic rings. The highest BCUT2D eigenvalue weighted by Crippen LogP contribution is 2.51. The smallest absolute Gasteiger partial charge is 0.274 e. The van der Waals surface area contributed by atoms with E-state index >= 15 is 0 Å². The summed E-state index contributed by atoms with van der Waals surface area (Å²) in [6.07, 6.45) is 2.01. The molecule has 1 aromatic heterocycles. The molecule has 0 unspecified atom stereocenters.